The van der Waals surface area contributed by atoms with Gasteiger partial charge < -0.3 is 5.32 Å². The van der Waals surface area contributed by atoms with Gasteiger partial charge in [-0.2, -0.15) is 13.2 Å². The molecule has 10 heteroatoms. The summed E-state index contributed by atoms with van der Waals surface area (Å²) in [6.07, 6.45) is -4.85. The lowest BCUT2D eigenvalue weighted by molar-refractivity contribution is -0.137. The van der Waals surface area contributed by atoms with Crippen molar-refractivity contribution >= 4 is 34.1 Å². The molecule has 0 aliphatic heterocycles. The number of aromatic nitrogens is 2. The number of amides is 1. The number of aryl methyl sites for hydroxylation is 1. The van der Waals surface area contributed by atoms with E-state index in [9.17, 15) is 27.6 Å². The van der Waals surface area contributed by atoms with Crippen LogP contribution < -0.4 is 16.6 Å². The Kier molecular flexibility index (Phi) is 5.28. The van der Waals surface area contributed by atoms with Crippen molar-refractivity contribution < 1.29 is 18.0 Å². The highest BCUT2D eigenvalue weighted by atomic mass is 35.5. The smallest absolute Gasteiger partial charge is 0.326 e. The molecule has 3 rings (SSSR count). The quantitative estimate of drug-likeness (QED) is 0.690. The van der Waals surface area contributed by atoms with Crippen LogP contribution in [0.5, 0.6) is 0 Å². The molecule has 0 fully saturated rings. The summed E-state index contributed by atoms with van der Waals surface area (Å²) >= 11 is 5.54. The van der Waals surface area contributed by atoms with Crippen molar-refractivity contribution in [1.82, 2.24) is 9.55 Å². The van der Waals surface area contributed by atoms with Crippen LogP contribution in [0.15, 0.2) is 52.1 Å². The van der Waals surface area contributed by atoms with Crippen LogP contribution in [-0.2, 0) is 17.5 Å². The lowest BCUT2D eigenvalue weighted by atomic mass is 10.2. The first-order valence-corrected chi connectivity index (χ1v) is 8.43. The maximum Gasteiger partial charge on any atom is 0.417 e. The Hall–Kier alpha value is -3.07. The molecular formula is C18H13ClF3N3O3. The molecule has 0 saturated carbocycles. The molecule has 0 radical (unpaired) electrons. The molecule has 2 aromatic carbocycles. The van der Waals surface area contributed by atoms with Crippen LogP contribution in [0.2, 0.25) is 5.02 Å². The number of hydrogen-bond acceptors (Lipinski definition) is 3. The van der Waals surface area contributed by atoms with E-state index in [1.165, 1.54) is 16.7 Å². The van der Waals surface area contributed by atoms with Crippen molar-refractivity contribution in [3.63, 3.8) is 0 Å². The van der Waals surface area contributed by atoms with Gasteiger partial charge in [0.05, 0.1) is 21.5 Å². The molecule has 6 nitrogen and oxygen atoms in total. The third-order valence-corrected chi connectivity index (χ3v) is 4.35. The highest BCUT2D eigenvalue weighted by Gasteiger charge is 2.33. The van der Waals surface area contributed by atoms with Crippen LogP contribution in [0.3, 0.4) is 0 Å². The van der Waals surface area contributed by atoms with E-state index in [0.29, 0.717) is 5.52 Å². The number of aromatic amines is 1. The predicted molar refractivity (Wildman–Crippen MR) is 98.5 cm³/mol. The second-order valence-corrected chi connectivity index (χ2v) is 6.33. The second-order valence-electron chi connectivity index (χ2n) is 5.92. The second kappa shape index (κ2) is 7.51. The molecule has 1 heterocycles. The minimum absolute atomic E-state index is 0.0678. The van der Waals surface area contributed by atoms with Crippen LogP contribution in [-0.4, -0.2) is 15.5 Å². The fourth-order valence-electron chi connectivity index (χ4n) is 2.72. The molecule has 0 atom stereocenters. The molecule has 2 N–H and O–H groups in total. The summed E-state index contributed by atoms with van der Waals surface area (Å²) in [6, 6.07) is 9.41. The van der Waals surface area contributed by atoms with Crippen LogP contribution in [0.25, 0.3) is 10.9 Å². The van der Waals surface area contributed by atoms with Gasteiger partial charge in [-0.25, -0.2) is 4.79 Å². The number of hydrogen-bond donors (Lipinski definition) is 2. The fourth-order valence-corrected chi connectivity index (χ4v) is 2.95. The highest BCUT2D eigenvalue weighted by molar-refractivity contribution is 6.31. The number of nitrogens with zero attached hydrogens (tertiary/aromatic N) is 1. The Morgan fingerprint density at radius 1 is 1.14 bits per heavy atom. The molecule has 1 amide bonds. The average molecular weight is 412 g/mol. The number of benzene rings is 2. The van der Waals surface area contributed by atoms with E-state index in [-0.39, 0.29) is 24.0 Å². The standard InChI is InChI=1S/C18H13ClF3N3O3/c19-13-6-5-10(9-12(13)18(20,21)22)23-15(26)7-8-25-14-4-2-1-3-11(14)16(27)24-17(25)28/h1-6,9H,7-8H2,(H,23,26)(H,24,27,28). The summed E-state index contributed by atoms with van der Waals surface area (Å²) in [5.74, 6) is -0.599. The lowest BCUT2D eigenvalue weighted by Gasteiger charge is -2.12. The van der Waals surface area contributed by atoms with Crippen molar-refractivity contribution in [3.8, 4) is 0 Å². The summed E-state index contributed by atoms with van der Waals surface area (Å²) in [6.45, 7) is -0.0678. The molecule has 28 heavy (non-hydrogen) atoms. The van der Waals surface area contributed by atoms with E-state index in [1.807, 2.05) is 0 Å². The normalized spacial score (nSPS) is 11.6. The van der Waals surface area contributed by atoms with E-state index < -0.39 is 33.9 Å². The third-order valence-electron chi connectivity index (χ3n) is 4.02. The van der Waals surface area contributed by atoms with Crippen molar-refractivity contribution in [2.75, 3.05) is 5.32 Å². The number of anilines is 1. The maximum absolute atomic E-state index is 12.9. The number of H-pyrrole nitrogens is 1. The molecule has 1 aromatic heterocycles. The zero-order chi connectivity index (χ0) is 20.5. The van der Waals surface area contributed by atoms with Gasteiger partial charge in [-0.1, -0.05) is 23.7 Å². The van der Waals surface area contributed by atoms with Gasteiger partial charge in [0, 0.05) is 18.7 Å². The number of alkyl halides is 3. The molecule has 0 saturated heterocycles. The van der Waals surface area contributed by atoms with Gasteiger partial charge in [0.15, 0.2) is 0 Å². The van der Waals surface area contributed by atoms with Crippen LogP contribution in [0.4, 0.5) is 18.9 Å². The zero-order valence-electron chi connectivity index (χ0n) is 14.1. The predicted octanol–water partition coefficient (Wildman–Crippen LogP) is 3.39. The number of rotatable bonds is 4. The minimum atomic E-state index is -4.65. The van der Waals surface area contributed by atoms with Gasteiger partial charge in [0.1, 0.15) is 0 Å². The Morgan fingerprint density at radius 3 is 2.57 bits per heavy atom. The summed E-state index contributed by atoms with van der Waals surface area (Å²) in [5, 5.41) is 2.16. The van der Waals surface area contributed by atoms with E-state index >= 15 is 0 Å². The van der Waals surface area contributed by atoms with E-state index in [4.69, 9.17) is 11.6 Å². The van der Waals surface area contributed by atoms with E-state index in [0.717, 1.165) is 12.1 Å². The molecule has 0 unspecified atom stereocenters. The Balaban J connectivity index is 1.78. The Labute approximate surface area is 160 Å². The van der Waals surface area contributed by atoms with Crippen LogP contribution >= 0.6 is 11.6 Å². The van der Waals surface area contributed by atoms with Crippen LogP contribution in [0.1, 0.15) is 12.0 Å². The highest BCUT2D eigenvalue weighted by Crippen LogP contribution is 2.36. The molecule has 3 aromatic rings. The van der Waals surface area contributed by atoms with Crippen LogP contribution in [0, 0.1) is 0 Å². The summed E-state index contributed by atoms with van der Waals surface area (Å²) in [5.41, 5.74) is -1.99. The SMILES string of the molecule is O=C(CCn1c(=O)[nH]c(=O)c2ccccc21)Nc1ccc(Cl)c(C(F)(F)F)c1. The molecular weight excluding hydrogens is 399 g/mol. The van der Waals surface area contributed by atoms with Crippen molar-refractivity contribution in [2.45, 2.75) is 19.1 Å². The van der Waals surface area contributed by atoms with Gasteiger partial charge in [-0.15, -0.1) is 0 Å². The molecule has 146 valence electrons. The Bertz CT molecular complexity index is 1170. The van der Waals surface area contributed by atoms with Gasteiger partial charge >= 0.3 is 11.9 Å². The van der Waals surface area contributed by atoms with Crippen molar-refractivity contribution in [3.05, 3.63) is 73.9 Å². The topological polar surface area (TPSA) is 84.0 Å². The Morgan fingerprint density at radius 2 is 1.86 bits per heavy atom. The minimum Gasteiger partial charge on any atom is -0.326 e. The molecule has 0 bridgehead atoms. The first-order chi connectivity index (χ1) is 13.2. The summed E-state index contributed by atoms with van der Waals surface area (Å²) in [4.78, 5) is 38.2. The van der Waals surface area contributed by atoms with Gasteiger partial charge in [0.2, 0.25) is 5.91 Å². The van der Waals surface area contributed by atoms with Crippen molar-refractivity contribution in [2.24, 2.45) is 0 Å². The monoisotopic (exact) mass is 411 g/mol. The number of carbonyl (C=O) groups is 1. The summed E-state index contributed by atoms with van der Waals surface area (Å²) < 4.78 is 39.9. The first-order valence-electron chi connectivity index (χ1n) is 8.05. The summed E-state index contributed by atoms with van der Waals surface area (Å²) in [7, 11) is 0. The first kappa shape index (κ1) is 19.7. The van der Waals surface area contributed by atoms with Crippen molar-refractivity contribution in [1.29, 1.82) is 0 Å². The number of para-hydroxylation sites is 1. The maximum atomic E-state index is 12.9. The van der Waals surface area contributed by atoms with E-state index in [1.54, 1.807) is 18.2 Å². The molecule has 0 aliphatic carbocycles. The van der Waals surface area contributed by atoms with Gasteiger partial charge in [-0.05, 0) is 30.3 Å². The number of halogens is 4. The van der Waals surface area contributed by atoms with Gasteiger partial charge in [-0.3, -0.25) is 19.1 Å². The zero-order valence-corrected chi connectivity index (χ0v) is 14.9. The number of nitrogens with one attached hydrogen (secondary N) is 2. The lowest BCUT2D eigenvalue weighted by Crippen LogP contribution is -2.31. The molecule has 0 spiro atoms. The number of fused-ring (bicyclic) bond motifs is 1. The number of carbonyl (C=O) groups excluding carboxylic acids is 1. The van der Waals surface area contributed by atoms with Gasteiger partial charge in [0.25, 0.3) is 5.56 Å². The average Bonchev–Trinajstić information content (AvgIpc) is 2.62. The fraction of sp³-hybridized carbons (Fsp3) is 0.167. The third kappa shape index (κ3) is 4.09. The largest absolute Gasteiger partial charge is 0.417 e. The molecule has 0 aliphatic rings. The van der Waals surface area contributed by atoms with E-state index in [2.05, 4.69) is 10.3 Å².